The van der Waals surface area contributed by atoms with Crippen molar-refractivity contribution in [3.63, 3.8) is 0 Å². The van der Waals surface area contributed by atoms with Gasteiger partial charge in [-0.05, 0) is 36.1 Å². The lowest BCUT2D eigenvalue weighted by Gasteiger charge is -2.04. The minimum atomic E-state index is -0.943. The molecule has 68 valence electrons. The van der Waals surface area contributed by atoms with Crippen LogP contribution < -0.4 is 0 Å². The van der Waals surface area contributed by atoms with Gasteiger partial charge in [0.05, 0.1) is 11.7 Å². The summed E-state index contributed by atoms with van der Waals surface area (Å²) < 4.78 is 0. The number of benzene rings is 1. The number of carbonyl (C=O) groups is 1. The van der Waals surface area contributed by atoms with Crippen molar-refractivity contribution in [3.05, 3.63) is 34.9 Å². The molecule has 3 nitrogen and oxygen atoms in total. The number of fused-ring (bicyclic) bond motifs is 1. The van der Waals surface area contributed by atoms with Crippen molar-refractivity contribution in [2.75, 3.05) is 0 Å². The fraction of sp³-hybridized carbons (Fsp3) is 0.300. The van der Waals surface area contributed by atoms with E-state index in [0.717, 1.165) is 17.5 Å². The lowest BCUT2D eigenvalue weighted by atomic mass is 10.1. The van der Waals surface area contributed by atoms with E-state index in [0.29, 0.717) is 6.42 Å². The van der Waals surface area contributed by atoms with Gasteiger partial charge in [0.1, 0.15) is 0 Å². The van der Waals surface area contributed by atoms with Gasteiger partial charge in [-0.3, -0.25) is 0 Å². The van der Waals surface area contributed by atoms with Crippen LogP contribution in [0.5, 0.6) is 0 Å². The second-order valence-corrected chi connectivity index (χ2v) is 3.27. The van der Waals surface area contributed by atoms with E-state index < -0.39 is 12.1 Å². The molecule has 13 heavy (non-hydrogen) atoms. The van der Waals surface area contributed by atoms with E-state index >= 15 is 0 Å². The molecule has 0 aromatic heterocycles. The summed E-state index contributed by atoms with van der Waals surface area (Å²) in [6.45, 7) is 0. The van der Waals surface area contributed by atoms with Gasteiger partial charge in [-0.2, -0.15) is 0 Å². The van der Waals surface area contributed by atoms with Crippen molar-refractivity contribution in [2.24, 2.45) is 0 Å². The highest BCUT2D eigenvalue weighted by atomic mass is 16.4. The number of hydrogen-bond acceptors (Lipinski definition) is 2. The van der Waals surface area contributed by atoms with Crippen molar-refractivity contribution in [2.45, 2.75) is 18.9 Å². The Bertz CT molecular complexity index is 357. The third kappa shape index (κ3) is 1.31. The monoisotopic (exact) mass is 178 g/mol. The molecule has 2 rings (SSSR count). The topological polar surface area (TPSA) is 57.5 Å². The molecule has 0 heterocycles. The zero-order valence-corrected chi connectivity index (χ0v) is 7.03. The lowest BCUT2D eigenvalue weighted by Crippen LogP contribution is -1.99. The summed E-state index contributed by atoms with van der Waals surface area (Å²) in [7, 11) is 0. The Morgan fingerprint density at radius 3 is 2.92 bits per heavy atom. The number of hydrogen-bond donors (Lipinski definition) is 2. The Hall–Kier alpha value is -1.35. The van der Waals surface area contributed by atoms with Crippen molar-refractivity contribution in [1.82, 2.24) is 0 Å². The molecule has 1 aromatic rings. The minimum absolute atomic E-state index is 0.250. The first-order valence-electron chi connectivity index (χ1n) is 4.22. The summed E-state index contributed by atoms with van der Waals surface area (Å²) in [5, 5.41) is 18.2. The van der Waals surface area contributed by atoms with E-state index in [4.69, 9.17) is 5.11 Å². The van der Waals surface area contributed by atoms with Gasteiger partial charge in [0, 0.05) is 0 Å². The molecular formula is C10H10O3. The van der Waals surface area contributed by atoms with Crippen LogP contribution >= 0.6 is 0 Å². The third-order valence-electron chi connectivity index (χ3n) is 2.44. The molecule has 1 aromatic carbocycles. The molecule has 1 aliphatic rings. The van der Waals surface area contributed by atoms with E-state index in [9.17, 15) is 9.90 Å². The Kier molecular flexibility index (Phi) is 1.81. The number of carboxylic acids is 1. The number of aryl methyl sites for hydroxylation is 1. The SMILES string of the molecule is O=C(O)c1ccc2c(c1)[C@H](O)CC2. The number of aromatic carboxylic acids is 1. The normalized spacial score (nSPS) is 19.9. The molecule has 2 N–H and O–H groups in total. The van der Waals surface area contributed by atoms with Gasteiger partial charge in [0.2, 0.25) is 0 Å². The third-order valence-corrected chi connectivity index (χ3v) is 2.44. The van der Waals surface area contributed by atoms with Crippen LogP contribution in [0, 0.1) is 0 Å². The molecule has 1 atom stereocenters. The second-order valence-electron chi connectivity index (χ2n) is 3.27. The molecule has 0 spiro atoms. The Labute approximate surface area is 75.6 Å². The predicted octanol–water partition coefficient (Wildman–Crippen LogP) is 1.36. The van der Waals surface area contributed by atoms with E-state index in [2.05, 4.69) is 0 Å². The van der Waals surface area contributed by atoms with Gasteiger partial charge >= 0.3 is 5.97 Å². The molecule has 0 amide bonds. The highest BCUT2D eigenvalue weighted by molar-refractivity contribution is 5.88. The van der Waals surface area contributed by atoms with Gasteiger partial charge in [-0.15, -0.1) is 0 Å². The summed E-state index contributed by atoms with van der Waals surface area (Å²) >= 11 is 0. The van der Waals surface area contributed by atoms with Crippen molar-refractivity contribution in [1.29, 1.82) is 0 Å². The van der Waals surface area contributed by atoms with Gasteiger partial charge in [-0.1, -0.05) is 6.07 Å². The van der Waals surface area contributed by atoms with Crippen LogP contribution in [0.25, 0.3) is 0 Å². The molecule has 1 aliphatic carbocycles. The molecule has 0 unspecified atom stereocenters. The lowest BCUT2D eigenvalue weighted by molar-refractivity contribution is 0.0696. The maximum atomic E-state index is 10.6. The minimum Gasteiger partial charge on any atom is -0.478 e. The van der Waals surface area contributed by atoms with Crippen LogP contribution in [0.1, 0.15) is 34.0 Å². The van der Waals surface area contributed by atoms with Crippen LogP contribution in [-0.2, 0) is 6.42 Å². The summed E-state index contributed by atoms with van der Waals surface area (Å²) in [5.41, 5.74) is 2.09. The van der Waals surface area contributed by atoms with Crippen LogP contribution in [-0.4, -0.2) is 16.2 Å². The first-order valence-corrected chi connectivity index (χ1v) is 4.22. The van der Waals surface area contributed by atoms with Gasteiger partial charge in [0.25, 0.3) is 0 Å². The van der Waals surface area contributed by atoms with Crippen molar-refractivity contribution < 1.29 is 15.0 Å². The molecular weight excluding hydrogens is 168 g/mol. The summed E-state index contributed by atoms with van der Waals surface area (Å²) in [6.07, 6.45) is 1.07. The van der Waals surface area contributed by atoms with Crippen LogP contribution in [0.3, 0.4) is 0 Å². The second kappa shape index (κ2) is 2.85. The average Bonchev–Trinajstić information content (AvgIpc) is 2.47. The first-order chi connectivity index (χ1) is 6.18. The largest absolute Gasteiger partial charge is 0.478 e. The maximum Gasteiger partial charge on any atom is 0.335 e. The average molecular weight is 178 g/mol. The standard InChI is InChI=1S/C10H10O3/c11-9-4-3-6-1-2-7(10(12)13)5-8(6)9/h1-2,5,9,11H,3-4H2,(H,12,13)/t9-/m1/s1. The fourth-order valence-electron chi connectivity index (χ4n) is 1.71. The Balaban J connectivity index is 2.47. The van der Waals surface area contributed by atoms with E-state index in [1.54, 1.807) is 18.2 Å². The van der Waals surface area contributed by atoms with E-state index in [-0.39, 0.29) is 5.56 Å². The highest BCUT2D eigenvalue weighted by Gasteiger charge is 2.21. The van der Waals surface area contributed by atoms with E-state index in [1.807, 2.05) is 0 Å². The predicted molar refractivity (Wildman–Crippen MR) is 46.7 cm³/mol. The van der Waals surface area contributed by atoms with Crippen LogP contribution in [0.15, 0.2) is 18.2 Å². The molecule has 0 bridgehead atoms. The summed E-state index contributed by atoms with van der Waals surface area (Å²) in [5.74, 6) is -0.943. The van der Waals surface area contributed by atoms with Gasteiger partial charge < -0.3 is 10.2 Å². The van der Waals surface area contributed by atoms with E-state index in [1.165, 1.54) is 0 Å². The van der Waals surface area contributed by atoms with Gasteiger partial charge in [0.15, 0.2) is 0 Å². The Morgan fingerprint density at radius 1 is 1.46 bits per heavy atom. The molecule has 0 fully saturated rings. The number of aliphatic hydroxyl groups is 1. The molecule has 0 radical (unpaired) electrons. The first kappa shape index (κ1) is 8.26. The molecule has 0 saturated heterocycles. The number of rotatable bonds is 1. The van der Waals surface area contributed by atoms with Crippen molar-refractivity contribution >= 4 is 5.97 Å². The summed E-state index contributed by atoms with van der Waals surface area (Å²) in [6, 6.07) is 4.93. The molecule has 3 heteroatoms. The molecule has 0 aliphatic heterocycles. The van der Waals surface area contributed by atoms with Crippen molar-refractivity contribution in [3.8, 4) is 0 Å². The zero-order valence-electron chi connectivity index (χ0n) is 7.03. The summed E-state index contributed by atoms with van der Waals surface area (Å²) in [4.78, 5) is 10.6. The zero-order chi connectivity index (χ0) is 9.42. The smallest absolute Gasteiger partial charge is 0.335 e. The quantitative estimate of drug-likeness (QED) is 0.682. The molecule has 0 saturated carbocycles. The van der Waals surface area contributed by atoms with Crippen LogP contribution in [0.2, 0.25) is 0 Å². The van der Waals surface area contributed by atoms with Gasteiger partial charge in [-0.25, -0.2) is 4.79 Å². The number of aliphatic hydroxyl groups excluding tert-OH is 1. The van der Waals surface area contributed by atoms with Crippen LogP contribution in [0.4, 0.5) is 0 Å². The maximum absolute atomic E-state index is 10.6. The number of carboxylic acid groups (broad SMARTS) is 1. The fourth-order valence-corrected chi connectivity index (χ4v) is 1.71. The Morgan fingerprint density at radius 2 is 2.23 bits per heavy atom. The highest BCUT2D eigenvalue weighted by Crippen LogP contribution is 2.31.